The van der Waals surface area contributed by atoms with Gasteiger partial charge in [0.15, 0.2) is 0 Å². The Morgan fingerprint density at radius 3 is 2.17 bits per heavy atom. The maximum Gasteiger partial charge on any atom is 0.259 e. The number of carbonyl (C=O) groups excluding carboxylic acids is 2. The van der Waals surface area contributed by atoms with E-state index in [2.05, 4.69) is 22.8 Å². The van der Waals surface area contributed by atoms with E-state index < -0.39 is 0 Å². The highest BCUT2D eigenvalue weighted by molar-refractivity contribution is 5.86. The molecule has 36 heavy (non-hydrogen) atoms. The lowest BCUT2D eigenvalue weighted by atomic mass is 10.1. The highest BCUT2D eigenvalue weighted by Gasteiger charge is 2.05. The van der Waals surface area contributed by atoms with Gasteiger partial charge in [0, 0.05) is 6.42 Å². The minimum Gasteiger partial charge on any atom is -0.489 e. The Morgan fingerprint density at radius 2 is 1.47 bits per heavy atom. The fraction of sp³-hybridized carbons (Fsp3) is 0.500. The second-order valence-electron chi connectivity index (χ2n) is 9.20. The molecule has 0 unspecified atom stereocenters. The van der Waals surface area contributed by atoms with Crippen molar-refractivity contribution in [1.29, 1.82) is 0 Å². The lowest BCUT2D eigenvalue weighted by Crippen LogP contribution is -2.34. The van der Waals surface area contributed by atoms with Crippen LogP contribution in [0.15, 0.2) is 59.7 Å². The number of hydrazone groups is 1. The summed E-state index contributed by atoms with van der Waals surface area (Å²) in [6.45, 7) is 2.65. The van der Waals surface area contributed by atoms with Crippen molar-refractivity contribution in [3.8, 4) is 5.75 Å². The number of nitrogens with zero attached hydrogens (tertiary/aromatic N) is 1. The summed E-state index contributed by atoms with van der Waals surface area (Å²) in [5, 5.41) is 6.64. The second kappa shape index (κ2) is 19.1. The van der Waals surface area contributed by atoms with Crippen LogP contribution in [0.3, 0.4) is 0 Å². The highest BCUT2D eigenvalue weighted by atomic mass is 16.5. The van der Waals surface area contributed by atoms with E-state index in [-0.39, 0.29) is 18.4 Å². The first-order chi connectivity index (χ1) is 17.7. The molecular weight excluding hydrogens is 450 g/mol. The number of hydrogen-bond donors (Lipinski definition) is 2. The van der Waals surface area contributed by atoms with E-state index in [0.29, 0.717) is 13.0 Å². The van der Waals surface area contributed by atoms with Crippen LogP contribution in [0.1, 0.15) is 95.1 Å². The van der Waals surface area contributed by atoms with Crippen molar-refractivity contribution >= 4 is 18.0 Å². The molecule has 0 fully saturated rings. The number of benzene rings is 2. The number of rotatable bonds is 19. The zero-order chi connectivity index (χ0) is 25.7. The van der Waals surface area contributed by atoms with Gasteiger partial charge in [0.05, 0.1) is 12.8 Å². The average Bonchev–Trinajstić information content (AvgIpc) is 2.90. The van der Waals surface area contributed by atoms with Gasteiger partial charge in [-0.3, -0.25) is 9.59 Å². The summed E-state index contributed by atoms with van der Waals surface area (Å²) in [5.41, 5.74) is 4.35. The first-order valence-corrected chi connectivity index (χ1v) is 13.5. The fourth-order valence-electron chi connectivity index (χ4n) is 3.86. The van der Waals surface area contributed by atoms with Gasteiger partial charge in [-0.25, -0.2) is 5.43 Å². The van der Waals surface area contributed by atoms with E-state index in [1.807, 2.05) is 54.6 Å². The molecule has 6 nitrogen and oxygen atoms in total. The maximum atomic E-state index is 12.0. The fourth-order valence-corrected chi connectivity index (χ4v) is 3.86. The summed E-state index contributed by atoms with van der Waals surface area (Å²) in [5.74, 6) is 0.284. The topological polar surface area (TPSA) is 79.8 Å². The molecule has 0 saturated heterocycles. The van der Waals surface area contributed by atoms with E-state index in [9.17, 15) is 9.59 Å². The van der Waals surface area contributed by atoms with Crippen molar-refractivity contribution in [2.45, 2.75) is 90.6 Å². The van der Waals surface area contributed by atoms with Gasteiger partial charge in [-0.15, -0.1) is 0 Å². The zero-order valence-electron chi connectivity index (χ0n) is 21.8. The number of hydrogen-bond acceptors (Lipinski definition) is 4. The SMILES string of the molecule is CCCCCCCCCCCCCC(=O)NCC(=O)N/N=C/c1cccc(OCc2ccccc2)c1. The number of carbonyl (C=O) groups is 2. The summed E-state index contributed by atoms with van der Waals surface area (Å²) in [6, 6.07) is 17.4. The molecule has 0 bridgehead atoms. The van der Waals surface area contributed by atoms with E-state index >= 15 is 0 Å². The lowest BCUT2D eigenvalue weighted by Gasteiger charge is -2.07. The molecule has 196 valence electrons. The number of amides is 2. The van der Waals surface area contributed by atoms with Crippen molar-refractivity contribution in [2.24, 2.45) is 5.10 Å². The molecule has 0 radical (unpaired) electrons. The summed E-state index contributed by atoms with van der Waals surface area (Å²) in [7, 11) is 0. The third kappa shape index (κ3) is 14.3. The van der Waals surface area contributed by atoms with Crippen molar-refractivity contribution in [3.63, 3.8) is 0 Å². The summed E-state index contributed by atoms with van der Waals surface area (Å²) < 4.78 is 5.81. The first kappa shape index (κ1) is 29.1. The van der Waals surface area contributed by atoms with Gasteiger partial charge in [-0.1, -0.05) is 114 Å². The smallest absolute Gasteiger partial charge is 0.259 e. The molecule has 2 aromatic rings. The Kier molecular flexibility index (Phi) is 15.4. The molecular formula is C30H43N3O3. The minimum atomic E-state index is -0.352. The van der Waals surface area contributed by atoms with Crippen LogP contribution >= 0.6 is 0 Å². The Balaban J connectivity index is 1.51. The Bertz CT molecular complexity index is 899. The zero-order valence-corrected chi connectivity index (χ0v) is 21.8. The maximum absolute atomic E-state index is 12.0. The highest BCUT2D eigenvalue weighted by Crippen LogP contribution is 2.14. The van der Waals surface area contributed by atoms with E-state index in [1.165, 1.54) is 57.8 Å². The molecule has 6 heteroatoms. The molecule has 0 spiro atoms. The molecule has 2 amide bonds. The third-order valence-electron chi connectivity index (χ3n) is 5.96. The van der Waals surface area contributed by atoms with Crippen LogP contribution in [-0.2, 0) is 16.2 Å². The molecule has 0 heterocycles. The molecule has 0 atom stereocenters. The second-order valence-corrected chi connectivity index (χ2v) is 9.20. The van der Waals surface area contributed by atoms with Crippen LogP contribution in [0.5, 0.6) is 5.75 Å². The lowest BCUT2D eigenvalue weighted by molar-refractivity contribution is -0.126. The monoisotopic (exact) mass is 493 g/mol. The summed E-state index contributed by atoms with van der Waals surface area (Å²) in [6.07, 6.45) is 15.7. The summed E-state index contributed by atoms with van der Waals surface area (Å²) in [4.78, 5) is 23.9. The molecule has 0 aliphatic rings. The summed E-state index contributed by atoms with van der Waals surface area (Å²) >= 11 is 0. The first-order valence-electron chi connectivity index (χ1n) is 13.5. The van der Waals surface area contributed by atoms with Crippen molar-refractivity contribution in [1.82, 2.24) is 10.7 Å². The largest absolute Gasteiger partial charge is 0.489 e. The molecule has 0 saturated carbocycles. The molecule has 0 aromatic heterocycles. The average molecular weight is 494 g/mol. The predicted octanol–water partition coefficient (Wildman–Crippen LogP) is 6.53. The van der Waals surface area contributed by atoms with Crippen LogP contribution < -0.4 is 15.5 Å². The van der Waals surface area contributed by atoms with Crippen LogP contribution in [0.25, 0.3) is 0 Å². The number of unbranched alkanes of at least 4 members (excludes halogenated alkanes) is 10. The van der Waals surface area contributed by atoms with Crippen LogP contribution in [0.4, 0.5) is 0 Å². The quantitative estimate of drug-likeness (QED) is 0.133. The van der Waals surface area contributed by atoms with Gasteiger partial charge >= 0.3 is 0 Å². The van der Waals surface area contributed by atoms with Gasteiger partial charge in [0.2, 0.25) is 5.91 Å². The van der Waals surface area contributed by atoms with Gasteiger partial charge in [-0.05, 0) is 29.7 Å². The van der Waals surface area contributed by atoms with E-state index in [4.69, 9.17) is 4.74 Å². The van der Waals surface area contributed by atoms with Crippen molar-refractivity contribution in [3.05, 3.63) is 65.7 Å². The molecule has 2 rings (SSSR count). The normalized spacial score (nSPS) is 10.9. The van der Waals surface area contributed by atoms with E-state index in [1.54, 1.807) is 6.21 Å². The number of ether oxygens (including phenoxy) is 1. The van der Waals surface area contributed by atoms with Crippen molar-refractivity contribution < 1.29 is 14.3 Å². The molecule has 0 aliphatic heterocycles. The molecule has 2 aromatic carbocycles. The Labute approximate surface area is 216 Å². The Hall–Kier alpha value is -3.15. The standard InChI is InChI=1S/C30H43N3O3/c1-2-3-4-5-6-7-8-9-10-11-15-21-29(34)31-24-30(35)33-32-23-27-19-16-20-28(22-27)36-25-26-17-13-12-14-18-26/h12-14,16-20,22-23H,2-11,15,21,24-25H2,1H3,(H,31,34)(H,33,35)/b32-23+. The van der Waals surface area contributed by atoms with Gasteiger partial charge in [0.25, 0.3) is 5.91 Å². The minimum absolute atomic E-state index is 0.0750. The van der Waals surface area contributed by atoms with Crippen LogP contribution in [-0.4, -0.2) is 24.6 Å². The molecule has 0 aliphatic carbocycles. The van der Waals surface area contributed by atoms with Crippen molar-refractivity contribution in [2.75, 3.05) is 6.54 Å². The van der Waals surface area contributed by atoms with Gasteiger partial charge in [-0.2, -0.15) is 5.10 Å². The third-order valence-corrected chi connectivity index (χ3v) is 5.96. The Morgan fingerprint density at radius 1 is 0.806 bits per heavy atom. The molecule has 2 N–H and O–H groups in total. The predicted molar refractivity (Wildman–Crippen MR) is 147 cm³/mol. The van der Waals surface area contributed by atoms with E-state index in [0.717, 1.165) is 29.7 Å². The van der Waals surface area contributed by atoms with Gasteiger partial charge < -0.3 is 10.1 Å². The number of nitrogens with one attached hydrogen (secondary N) is 2. The van der Waals surface area contributed by atoms with Gasteiger partial charge in [0.1, 0.15) is 12.4 Å². The van der Waals surface area contributed by atoms with Crippen LogP contribution in [0, 0.1) is 0 Å². The van der Waals surface area contributed by atoms with Crippen LogP contribution in [0.2, 0.25) is 0 Å².